The minimum absolute atomic E-state index is 0.00143. The van der Waals surface area contributed by atoms with Gasteiger partial charge in [-0.25, -0.2) is 0 Å². The Morgan fingerprint density at radius 2 is 2.11 bits per heavy atom. The molecule has 0 spiro atoms. The number of rotatable bonds is 6. The number of nitrogens with zero attached hydrogens (tertiary/aromatic N) is 1. The number of halogens is 2. The zero-order valence-corrected chi connectivity index (χ0v) is 12.7. The summed E-state index contributed by atoms with van der Waals surface area (Å²) < 4.78 is 0. The number of hydrogen-bond acceptors (Lipinski definition) is 2. The van der Waals surface area contributed by atoms with Gasteiger partial charge >= 0.3 is 0 Å². The third-order valence-electron chi connectivity index (χ3n) is 2.55. The summed E-state index contributed by atoms with van der Waals surface area (Å²) in [5, 5.41) is 4.12. The second-order valence-corrected chi connectivity index (χ2v) is 5.19. The van der Waals surface area contributed by atoms with Crippen LogP contribution in [0.2, 0.25) is 10.0 Å². The summed E-state index contributed by atoms with van der Waals surface area (Å²) in [6, 6.07) is 5.10. The predicted molar refractivity (Wildman–Crippen MR) is 82.0 cm³/mol. The molecule has 104 valence electrons. The standard InChI is InChI=1S/C14H18Cl2N2O/c1-4-18(9-10(2)3)14(19)8-17-13-7-11(15)5-6-12(13)16/h5-7,17H,2,4,8-9H2,1,3H3. The predicted octanol–water partition coefficient (Wildman–Crippen LogP) is 3.83. The lowest BCUT2D eigenvalue weighted by atomic mass is 10.3. The second kappa shape index (κ2) is 7.41. The van der Waals surface area contributed by atoms with Gasteiger partial charge in [-0.2, -0.15) is 0 Å². The molecule has 1 aromatic rings. The Bertz CT molecular complexity index is 475. The van der Waals surface area contributed by atoms with Gasteiger partial charge < -0.3 is 10.2 Å². The second-order valence-electron chi connectivity index (χ2n) is 4.34. The van der Waals surface area contributed by atoms with Crippen LogP contribution in [0.4, 0.5) is 5.69 Å². The molecule has 3 nitrogen and oxygen atoms in total. The number of benzene rings is 1. The van der Waals surface area contributed by atoms with E-state index in [0.29, 0.717) is 28.8 Å². The number of carbonyl (C=O) groups is 1. The molecule has 19 heavy (non-hydrogen) atoms. The molecule has 1 aromatic carbocycles. The molecule has 0 saturated carbocycles. The smallest absolute Gasteiger partial charge is 0.242 e. The number of amides is 1. The molecule has 0 fully saturated rings. The number of hydrogen-bond donors (Lipinski definition) is 1. The van der Waals surface area contributed by atoms with Crippen LogP contribution in [0.25, 0.3) is 0 Å². The molecule has 0 aliphatic rings. The SMILES string of the molecule is C=C(C)CN(CC)C(=O)CNc1cc(Cl)ccc1Cl. The molecule has 0 heterocycles. The van der Waals surface area contributed by atoms with Crippen molar-refractivity contribution in [3.8, 4) is 0 Å². The molecule has 1 rings (SSSR count). The van der Waals surface area contributed by atoms with Crippen molar-refractivity contribution in [1.29, 1.82) is 0 Å². The Morgan fingerprint density at radius 3 is 2.68 bits per heavy atom. The van der Waals surface area contributed by atoms with Gasteiger partial charge in [-0.3, -0.25) is 4.79 Å². The van der Waals surface area contributed by atoms with E-state index in [0.717, 1.165) is 5.57 Å². The fraction of sp³-hybridized carbons (Fsp3) is 0.357. The van der Waals surface area contributed by atoms with Gasteiger partial charge in [0.25, 0.3) is 0 Å². The van der Waals surface area contributed by atoms with Crippen LogP contribution in [-0.4, -0.2) is 30.4 Å². The van der Waals surface area contributed by atoms with Crippen molar-refractivity contribution in [2.24, 2.45) is 0 Å². The normalized spacial score (nSPS) is 10.1. The molecule has 0 atom stereocenters. The number of carbonyl (C=O) groups excluding carboxylic acids is 1. The van der Waals surface area contributed by atoms with Gasteiger partial charge in [-0.1, -0.05) is 35.4 Å². The summed E-state index contributed by atoms with van der Waals surface area (Å²) in [6.07, 6.45) is 0. The summed E-state index contributed by atoms with van der Waals surface area (Å²) in [5.74, 6) is 0.00143. The average Bonchev–Trinajstić information content (AvgIpc) is 2.36. The van der Waals surface area contributed by atoms with E-state index in [9.17, 15) is 4.79 Å². The molecule has 0 aromatic heterocycles. The quantitative estimate of drug-likeness (QED) is 0.810. The summed E-state index contributed by atoms with van der Waals surface area (Å²) in [7, 11) is 0. The maximum atomic E-state index is 12.0. The van der Waals surface area contributed by atoms with Gasteiger partial charge in [-0.05, 0) is 32.0 Å². The third-order valence-corrected chi connectivity index (χ3v) is 3.12. The lowest BCUT2D eigenvalue weighted by molar-refractivity contribution is -0.128. The average molecular weight is 301 g/mol. The number of likely N-dealkylation sites (N-methyl/N-ethyl adjacent to an activating group) is 1. The molecule has 0 saturated heterocycles. The van der Waals surface area contributed by atoms with Crippen LogP contribution in [0.15, 0.2) is 30.4 Å². The van der Waals surface area contributed by atoms with Gasteiger partial charge in [0.2, 0.25) is 5.91 Å². The molecule has 0 bridgehead atoms. The molecule has 0 unspecified atom stereocenters. The summed E-state index contributed by atoms with van der Waals surface area (Å²) in [5.41, 5.74) is 1.62. The van der Waals surface area contributed by atoms with Crippen molar-refractivity contribution in [2.75, 3.05) is 25.0 Å². The minimum Gasteiger partial charge on any atom is -0.375 e. The highest BCUT2D eigenvalue weighted by Gasteiger charge is 2.12. The molecule has 1 N–H and O–H groups in total. The van der Waals surface area contributed by atoms with Crippen molar-refractivity contribution >= 4 is 34.8 Å². The van der Waals surface area contributed by atoms with E-state index < -0.39 is 0 Å². The Labute approximate surface area is 124 Å². The Morgan fingerprint density at radius 1 is 1.42 bits per heavy atom. The molecule has 0 radical (unpaired) electrons. The zero-order valence-electron chi connectivity index (χ0n) is 11.2. The maximum absolute atomic E-state index is 12.0. The van der Waals surface area contributed by atoms with Crippen LogP contribution in [0.1, 0.15) is 13.8 Å². The van der Waals surface area contributed by atoms with Crippen molar-refractivity contribution in [1.82, 2.24) is 4.90 Å². The topological polar surface area (TPSA) is 32.3 Å². The lowest BCUT2D eigenvalue weighted by Gasteiger charge is -2.21. The first-order valence-electron chi connectivity index (χ1n) is 6.05. The lowest BCUT2D eigenvalue weighted by Crippen LogP contribution is -2.36. The van der Waals surface area contributed by atoms with Crippen molar-refractivity contribution in [3.63, 3.8) is 0 Å². The van der Waals surface area contributed by atoms with Gasteiger partial charge in [0.15, 0.2) is 0 Å². The molecular weight excluding hydrogens is 283 g/mol. The van der Waals surface area contributed by atoms with Crippen LogP contribution in [0.5, 0.6) is 0 Å². The monoisotopic (exact) mass is 300 g/mol. The Hall–Kier alpha value is -1.19. The fourth-order valence-corrected chi connectivity index (χ4v) is 1.97. The van der Waals surface area contributed by atoms with Crippen LogP contribution < -0.4 is 5.32 Å². The van der Waals surface area contributed by atoms with Crippen LogP contribution in [-0.2, 0) is 4.79 Å². The van der Waals surface area contributed by atoms with E-state index >= 15 is 0 Å². The fourth-order valence-electron chi connectivity index (χ4n) is 1.62. The summed E-state index contributed by atoms with van der Waals surface area (Å²) in [6.45, 7) is 9.06. The first kappa shape index (κ1) is 15.9. The van der Waals surface area contributed by atoms with Crippen molar-refractivity contribution in [2.45, 2.75) is 13.8 Å². The van der Waals surface area contributed by atoms with E-state index in [-0.39, 0.29) is 12.5 Å². The Balaban J connectivity index is 2.62. The molecule has 0 aliphatic carbocycles. The highest BCUT2D eigenvalue weighted by atomic mass is 35.5. The van der Waals surface area contributed by atoms with Crippen LogP contribution in [0.3, 0.4) is 0 Å². The molecule has 5 heteroatoms. The highest BCUT2D eigenvalue weighted by molar-refractivity contribution is 6.35. The third kappa shape index (κ3) is 5.13. The number of anilines is 1. The number of nitrogens with one attached hydrogen (secondary N) is 1. The molecule has 0 aliphatic heterocycles. The first-order valence-corrected chi connectivity index (χ1v) is 6.80. The van der Waals surface area contributed by atoms with Crippen LogP contribution >= 0.6 is 23.2 Å². The largest absolute Gasteiger partial charge is 0.375 e. The van der Waals surface area contributed by atoms with Crippen LogP contribution in [0, 0.1) is 0 Å². The van der Waals surface area contributed by atoms with Gasteiger partial charge in [0, 0.05) is 18.1 Å². The zero-order chi connectivity index (χ0) is 14.4. The summed E-state index contributed by atoms with van der Waals surface area (Å²) >= 11 is 11.9. The minimum atomic E-state index is 0.00143. The van der Waals surface area contributed by atoms with Gasteiger partial charge in [0.05, 0.1) is 17.3 Å². The van der Waals surface area contributed by atoms with E-state index in [4.69, 9.17) is 23.2 Å². The Kier molecular flexibility index (Phi) is 6.19. The molecule has 1 amide bonds. The summed E-state index contributed by atoms with van der Waals surface area (Å²) in [4.78, 5) is 13.8. The van der Waals surface area contributed by atoms with E-state index in [2.05, 4.69) is 11.9 Å². The van der Waals surface area contributed by atoms with Crippen molar-refractivity contribution < 1.29 is 4.79 Å². The highest BCUT2D eigenvalue weighted by Crippen LogP contribution is 2.25. The first-order chi connectivity index (χ1) is 8.93. The van der Waals surface area contributed by atoms with E-state index in [1.807, 2.05) is 13.8 Å². The van der Waals surface area contributed by atoms with Gasteiger partial charge in [-0.15, -0.1) is 0 Å². The van der Waals surface area contributed by atoms with Crippen molar-refractivity contribution in [3.05, 3.63) is 40.4 Å². The van der Waals surface area contributed by atoms with Gasteiger partial charge in [0.1, 0.15) is 0 Å². The van der Waals surface area contributed by atoms with E-state index in [1.54, 1.807) is 23.1 Å². The van der Waals surface area contributed by atoms with E-state index in [1.165, 1.54) is 0 Å². The maximum Gasteiger partial charge on any atom is 0.242 e. The molecular formula is C14H18Cl2N2O.